The van der Waals surface area contributed by atoms with Gasteiger partial charge in [0.15, 0.2) is 0 Å². The van der Waals surface area contributed by atoms with Crippen LogP contribution in [0, 0.1) is 0 Å². The first-order valence-corrected chi connectivity index (χ1v) is 11.3. The van der Waals surface area contributed by atoms with Crippen molar-refractivity contribution in [1.82, 2.24) is 14.9 Å². The minimum absolute atomic E-state index is 0.0301. The van der Waals surface area contributed by atoms with Gasteiger partial charge in [0.25, 0.3) is 0 Å². The molecule has 0 saturated heterocycles. The van der Waals surface area contributed by atoms with Crippen molar-refractivity contribution in [2.45, 2.75) is 44.6 Å². The quantitative estimate of drug-likeness (QED) is 0.276. The zero-order valence-corrected chi connectivity index (χ0v) is 19.8. The molecule has 10 nitrogen and oxygen atoms in total. The predicted octanol–water partition coefficient (Wildman–Crippen LogP) is 2.43. The Bertz CT molecular complexity index is 1130. The molecule has 1 aromatic carbocycles. The van der Waals surface area contributed by atoms with Crippen LogP contribution in [-0.2, 0) is 27.2 Å². The van der Waals surface area contributed by atoms with Crippen molar-refractivity contribution in [3.05, 3.63) is 59.9 Å². The fourth-order valence-electron chi connectivity index (χ4n) is 3.55. The normalized spacial score (nSPS) is 11.4. The summed E-state index contributed by atoms with van der Waals surface area (Å²) in [5, 5.41) is 18.4. The number of aryl methyl sites for hydroxylation is 2. The minimum atomic E-state index is -1.01. The Morgan fingerprint density at radius 1 is 1.06 bits per heavy atom. The third kappa shape index (κ3) is 9.85. The molecule has 0 saturated carbocycles. The molecule has 0 fully saturated rings. The molecular formula is C25H33N5O5. The van der Waals surface area contributed by atoms with Crippen LogP contribution in [0.2, 0.25) is 0 Å². The number of nitrogen functional groups attached to an aromatic ring is 1. The molecule has 7 N–H and O–H groups in total. The van der Waals surface area contributed by atoms with Crippen LogP contribution in [0.5, 0.6) is 0 Å². The lowest BCUT2D eigenvalue weighted by Crippen LogP contribution is -2.31. The Balaban J connectivity index is 0.000000247. The molecule has 0 aliphatic carbocycles. The van der Waals surface area contributed by atoms with E-state index in [4.69, 9.17) is 21.7 Å². The molecule has 3 aromatic rings. The molecule has 0 bridgehead atoms. The first-order valence-electron chi connectivity index (χ1n) is 11.3. The van der Waals surface area contributed by atoms with Crippen LogP contribution >= 0.6 is 0 Å². The van der Waals surface area contributed by atoms with Gasteiger partial charge in [-0.25, -0.2) is 4.98 Å². The monoisotopic (exact) mass is 483 g/mol. The van der Waals surface area contributed by atoms with Gasteiger partial charge in [0.2, 0.25) is 5.91 Å². The van der Waals surface area contributed by atoms with E-state index in [-0.39, 0.29) is 24.9 Å². The minimum Gasteiger partial charge on any atom is -0.481 e. The third-order valence-corrected chi connectivity index (χ3v) is 5.35. The number of carbonyl (C=O) groups excluding carboxylic acids is 1. The van der Waals surface area contributed by atoms with Gasteiger partial charge in [-0.1, -0.05) is 24.3 Å². The molecule has 0 aliphatic heterocycles. The number of aromatic amines is 1. The van der Waals surface area contributed by atoms with E-state index >= 15 is 0 Å². The molecule has 2 heterocycles. The molecule has 1 atom stereocenters. The number of nitrogens with two attached hydrogens (primary N) is 2. The van der Waals surface area contributed by atoms with Crippen LogP contribution in [0.25, 0.3) is 10.9 Å². The van der Waals surface area contributed by atoms with Gasteiger partial charge in [-0.2, -0.15) is 0 Å². The highest BCUT2D eigenvalue weighted by atomic mass is 16.4. The lowest BCUT2D eigenvalue weighted by atomic mass is 10.0. The summed E-state index contributed by atoms with van der Waals surface area (Å²) in [6, 6.07) is 13.2. The fraction of sp³-hybridized carbons (Fsp3) is 0.360. The van der Waals surface area contributed by atoms with Gasteiger partial charge in [-0.15, -0.1) is 0 Å². The SMILES string of the molecule is CN(CC(=O)O)C(=O)CCCc1cccc(N)n1.N[C@H](CCc1c[nH]c2ccccc12)CC(=O)O. The maximum Gasteiger partial charge on any atom is 0.323 e. The number of para-hydroxylation sites is 1. The van der Waals surface area contributed by atoms with Crippen LogP contribution in [0.3, 0.4) is 0 Å². The molecule has 0 aliphatic rings. The highest BCUT2D eigenvalue weighted by molar-refractivity contribution is 5.83. The van der Waals surface area contributed by atoms with Crippen molar-refractivity contribution < 1.29 is 24.6 Å². The van der Waals surface area contributed by atoms with E-state index in [0.717, 1.165) is 17.6 Å². The Kier molecular flexibility index (Phi) is 10.7. The van der Waals surface area contributed by atoms with Crippen LogP contribution < -0.4 is 11.5 Å². The van der Waals surface area contributed by atoms with E-state index in [1.54, 1.807) is 6.07 Å². The topological polar surface area (TPSA) is 176 Å². The zero-order chi connectivity index (χ0) is 25.8. The van der Waals surface area contributed by atoms with Crippen molar-refractivity contribution in [2.24, 2.45) is 5.73 Å². The van der Waals surface area contributed by atoms with Crippen LogP contribution in [0.1, 0.15) is 36.9 Å². The number of aromatic nitrogens is 2. The number of aliphatic carboxylic acids is 2. The average Bonchev–Trinajstić information content (AvgIpc) is 3.20. The summed E-state index contributed by atoms with van der Waals surface area (Å²) in [4.78, 5) is 41.0. The second kappa shape index (κ2) is 13.7. The second-order valence-corrected chi connectivity index (χ2v) is 8.31. The van der Waals surface area contributed by atoms with Crippen molar-refractivity contribution in [3.63, 3.8) is 0 Å². The van der Waals surface area contributed by atoms with Gasteiger partial charge in [-0.3, -0.25) is 14.4 Å². The Morgan fingerprint density at radius 3 is 2.49 bits per heavy atom. The number of amides is 1. The standard InChI is InChI=1S/C13H16N2O2.C12H17N3O3/c14-10(7-13(16)17)6-5-9-8-15-12-4-2-1-3-11(9)12;1-15(8-12(17)18)11(16)7-3-5-9-4-2-6-10(13)14-9/h1-4,8,10,15H,5-7,14H2,(H,16,17);2,4,6H,3,5,7-8H2,1H3,(H2,13,14)(H,17,18)/t10-;/m1./s1. The van der Waals surface area contributed by atoms with Gasteiger partial charge in [0, 0.05) is 42.3 Å². The molecular weight excluding hydrogens is 450 g/mol. The van der Waals surface area contributed by atoms with E-state index < -0.39 is 11.9 Å². The van der Waals surface area contributed by atoms with E-state index in [9.17, 15) is 14.4 Å². The van der Waals surface area contributed by atoms with Crippen molar-refractivity contribution >= 4 is 34.6 Å². The maximum absolute atomic E-state index is 11.6. The smallest absolute Gasteiger partial charge is 0.323 e. The number of nitrogens with zero attached hydrogens (tertiary/aromatic N) is 2. The fourth-order valence-corrected chi connectivity index (χ4v) is 3.55. The number of pyridine rings is 1. The Labute approximate surface area is 203 Å². The van der Waals surface area contributed by atoms with Gasteiger partial charge < -0.3 is 31.6 Å². The summed E-state index contributed by atoms with van der Waals surface area (Å²) in [6.45, 7) is -0.268. The zero-order valence-electron chi connectivity index (χ0n) is 19.8. The summed E-state index contributed by atoms with van der Waals surface area (Å²) in [5.41, 5.74) is 14.4. The van der Waals surface area contributed by atoms with Crippen molar-refractivity contribution in [1.29, 1.82) is 0 Å². The predicted molar refractivity (Wildman–Crippen MR) is 134 cm³/mol. The summed E-state index contributed by atoms with van der Waals surface area (Å²) >= 11 is 0. The number of hydrogen-bond acceptors (Lipinski definition) is 6. The second-order valence-electron chi connectivity index (χ2n) is 8.31. The van der Waals surface area contributed by atoms with Gasteiger partial charge in [0.05, 0.1) is 6.42 Å². The number of carboxylic acids is 2. The lowest BCUT2D eigenvalue weighted by Gasteiger charge is -2.14. The number of fused-ring (bicyclic) bond motifs is 1. The number of hydrogen-bond donors (Lipinski definition) is 5. The van der Waals surface area contributed by atoms with Crippen molar-refractivity contribution in [3.8, 4) is 0 Å². The van der Waals surface area contributed by atoms with Gasteiger partial charge >= 0.3 is 11.9 Å². The lowest BCUT2D eigenvalue weighted by molar-refractivity contribution is -0.143. The highest BCUT2D eigenvalue weighted by Gasteiger charge is 2.12. The molecule has 3 rings (SSSR count). The molecule has 10 heteroatoms. The number of carbonyl (C=O) groups is 3. The van der Waals surface area contributed by atoms with E-state index in [1.165, 1.54) is 22.9 Å². The summed E-state index contributed by atoms with van der Waals surface area (Å²) in [6.07, 6.45) is 5.07. The average molecular weight is 484 g/mol. The number of nitrogens with one attached hydrogen (secondary N) is 1. The highest BCUT2D eigenvalue weighted by Crippen LogP contribution is 2.19. The summed E-state index contributed by atoms with van der Waals surface area (Å²) in [7, 11) is 1.48. The molecule has 35 heavy (non-hydrogen) atoms. The van der Waals surface area contributed by atoms with Crippen LogP contribution in [0.15, 0.2) is 48.7 Å². The largest absolute Gasteiger partial charge is 0.481 e. The number of H-pyrrole nitrogens is 1. The summed E-state index contributed by atoms with van der Waals surface area (Å²) in [5.74, 6) is -1.57. The van der Waals surface area contributed by atoms with E-state index in [0.29, 0.717) is 31.5 Å². The number of likely N-dealkylation sites (N-methyl/N-ethyl adjacent to an activating group) is 1. The Hall–Kier alpha value is -3.92. The van der Waals surface area contributed by atoms with E-state index in [2.05, 4.69) is 16.0 Å². The molecule has 188 valence electrons. The number of carboxylic acid groups (broad SMARTS) is 2. The van der Waals surface area contributed by atoms with Gasteiger partial charge in [-0.05, 0) is 49.4 Å². The number of anilines is 1. The first-order chi connectivity index (χ1) is 16.7. The molecule has 0 spiro atoms. The number of rotatable bonds is 11. The van der Waals surface area contributed by atoms with Crippen molar-refractivity contribution in [2.75, 3.05) is 19.3 Å². The van der Waals surface area contributed by atoms with Crippen LogP contribution in [-0.4, -0.2) is 62.6 Å². The first kappa shape index (κ1) is 27.3. The van der Waals surface area contributed by atoms with Gasteiger partial charge in [0.1, 0.15) is 12.4 Å². The maximum atomic E-state index is 11.6. The molecule has 1 amide bonds. The Morgan fingerprint density at radius 2 is 1.80 bits per heavy atom. The third-order valence-electron chi connectivity index (χ3n) is 5.35. The van der Waals surface area contributed by atoms with E-state index in [1.807, 2.05) is 36.5 Å². The molecule has 0 radical (unpaired) electrons. The molecule has 2 aromatic heterocycles. The number of benzene rings is 1. The molecule has 0 unspecified atom stereocenters. The summed E-state index contributed by atoms with van der Waals surface area (Å²) < 4.78 is 0. The van der Waals surface area contributed by atoms with Crippen LogP contribution in [0.4, 0.5) is 5.82 Å².